The first-order valence-corrected chi connectivity index (χ1v) is 10.5. The van der Waals surface area contributed by atoms with E-state index in [1.54, 1.807) is 37.3 Å². The van der Waals surface area contributed by atoms with Crippen LogP contribution in [0.25, 0.3) is 11.0 Å². The van der Waals surface area contributed by atoms with E-state index in [-0.39, 0.29) is 28.0 Å². The standard InChI is InChI=1S/C23H14Cl2FN5O3/c1-23(13-6-8-14(26)9-7-13,12-33-31-18-5-3-2-4-17(18)29-30-31)34-22-16(11-28)15(10-27)21(32)19(24)20(22)25/h2-9,32H,12H2,1H3. The van der Waals surface area contributed by atoms with Gasteiger partial charge in [-0.15, -0.1) is 5.10 Å². The molecule has 1 aromatic heterocycles. The van der Waals surface area contributed by atoms with Crippen LogP contribution in [0.1, 0.15) is 23.6 Å². The fourth-order valence-corrected chi connectivity index (χ4v) is 3.70. The second-order valence-corrected chi connectivity index (χ2v) is 8.10. The largest absolute Gasteiger partial charge is 0.505 e. The number of para-hydroxylation sites is 1. The van der Waals surface area contributed by atoms with Gasteiger partial charge in [-0.25, -0.2) is 4.39 Å². The maximum atomic E-state index is 13.6. The Balaban J connectivity index is 1.80. The molecule has 4 aromatic rings. The molecule has 0 aliphatic heterocycles. The Morgan fingerprint density at radius 3 is 2.41 bits per heavy atom. The topological polar surface area (TPSA) is 117 Å². The molecule has 170 valence electrons. The zero-order valence-corrected chi connectivity index (χ0v) is 19.0. The number of aromatic hydroxyl groups is 1. The van der Waals surface area contributed by atoms with Crippen molar-refractivity contribution < 1.29 is 19.1 Å². The molecule has 0 saturated heterocycles. The van der Waals surface area contributed by atoms with Gasteiger partial charge in [0.15, 0.2) is 23.7 Å². The van der Waals surface area contributed by atoms with E-state index in [1.165, 1.54) is 29.1 Å². The van der Waals surface area contributed by atoms with Gasteiger partial charge < -0.3 is 14.7 Å². The zero-order valence-electron chi connectivity index (χ0n) is 17.5. The Morgan fingerprint density at radius 1 is 1.06 bits per heavy atom. The van der Waals surface area contributed by atoms with Gasteiger partial charge in [0.05, 0.1) is 0 Å². The summed E-state index contributed by atoms with van der Waals surface area (Å²) >= 11 is 12.4. The van der Waals surface area contributed by atoms with E-state index in [4.69, 9.17) is 32.8 Å². The van der Waals surface area contributed by atoms with Crippen molar-refractivity contribution in [3.8, 4) is 23.6 Å². The molecule has 3 aromatic carbocycles. The Morgan fingerprint density at radius 2 is 1.74 bits per heavy atom. The minimum atomic E-state index is -1.39. The lowest BCUT2D eigenvalue weighted by Crippen LogP contribution is -2.39. The second-order valence-electron chi connectivity index (χ2n) is 7.34. The van der Waals surface area contributed by atoms with Gasteiger partial charge >= 0.3 is 0 Å². The highest BCUT2D eigenvalue weighted by molar-refractivity contribution is 6.44. The van der Waals surface area contributed by atoms with Crippen molar-refractivity contribution in [2.75, 3.05) is 6.61 Å². The minimum absolute atomic E-state index is 0.201. The van der Waals surface area contributed by atoms with Crippen LogP contribution in [-0.2, 0) is 5.60 Å². The lowest BCUT2D eigenvalue weighted by Gasteiger charge is -2.31. The Bertz CT molecular complexity index is 1480. The van der Waals surface area contributed by atoms with E-state index in [0.29, 0.717) is 16.6 Å². The van der Waals surface area contributed by atoms with E-state index in [0.717, 1.165) is 0 Å². The van der Waals surface area contributed by atoms with Crippen molar-refractivity contribution in [2.45, 2.75) is 12.5 Å². The monoisotopic (exact) mass is 497 g/mol. The third-order valence-corrected chi connectivity index (χ3v) is 5.93. The van der Waals surface area contributed by atoms with E-state index in [1.807, 2.05) is 6.07 Å². The number of phenols is 1. The summed E-state index contributed by atoms with van der Waals surface area (Å²) in [6.45, 7) is 1.41. The molecule has 0 radical (unpaired) electrons. The maximum absolute atomic E-state index is 13.6. The number of fused-ring (bicyclic) bond motifs is 1. The summed E-state index contributed by atoms with van der Waals surface area (Å²) in [5.41, 5.74) is -0.431. The SMILES string of the molecule is CC(COn1nnc2ccccc21)(Oc1c(Cl)c(Cl)c(O)c(C#N)c1C#N)c1ccc(F)cc1. The number of benzene rings is 3. The van der Waals surface area contributed by atoms with Crippen LogP contribution < -0.4 is 9.57 Å². The van der Waals surface area contributed by atoms with Crippen LogP contribution in [0, 0.1) is 28.5 Å². The first kappa shape index (κ1) is 23.1. The maximum Gasteiger partial charge on any atom is 0.168 e. The molecule has 1 N–H and O–H groups in total. The summed E-state index contributed by atoms with van der Waals surface area (Å²) in [6.07, 6.45) is 0. The van der Waals surface area contributed by atoms with Crippen LogP contribution in [0.2, 0.25) is 10.0 Å². The van der Waals surface area contributed by atoms with Crippen LogP contribution in [0.5, 0.6) is 11.5 Å². The number of rotatable bonds is 6. The van der Waals surface area contributed by atoms with Crippen LogP contribution in [0.4, 0.5) is 4.39 Å². The highest BCUT2D eigenvalue weighted by Gasteiger charge is 2.35. The number of phenolic OH excluding ortho intramolecular Hbond substituents is 1. The number of nitriles is 2. The molecular formula is C23H14Cl2FN5O3. The predicted molar refractivity (Wildman–Crippen MR) is 121 cm³/mol. The van der Waals surface area contributed by atoms with Crippen LogP contribution in [0.3, 0.4) is 0 Å². The number of nitrogens with zero attached hydrogens (tertiary/aromatic N) is 5. The minimum Gasteiger partial charge on any atom is -0.505 e. The highest BCUT2D eigenvalue weighted by Crippen LogP contribution is 2.46. The second kappa shape index (κ2) is 9.06. The molecule has 0 aliphatic rings. The van der Waals surface area contributed by atoms with Crippen molar-refractivity contribution in [2.24, 2.45) is 0 Å². The summed E-state index contributed by atoms with van der Waals surface area (Å²) in [6, 6.07) is 16.1. The quantitative estimate of drug-likeness (QED) is 0.408. The van der Waals surface area contributed by atoms with Crippen LogP contribution in [0.15, 0.2) is 48.5 Å². The fraction of sp³-hybridized carbons (Fsp3) is 0.130. The van der Waals surface area contributed by atoms with E-state index < -0.39 is 22.7 Å². The van der Waals surface area contributed by atoms with Crippen molar-refractivity contribution in [1.29, 1.82) is 10.5 Å². The first-order valence-electron chi connectivity index (χ1n) is 9.72. The van der Waals surface area contributed by atoms with E-state index in [9.17, 15) is 20.0 Å². The number of aromatic nitrogens is 3. The number of hydrogen-bond acceptors (Lipinski definition) is 7. The fourth-order valence-electron chi connectivity index (χ4n) is 3.29. The summed E-state index contributed by atoms with van der Waals surface area (Å²) in [4.78, 5) is 7.06. The van der Waals surface area contributed by atoms with Crippen molar-refractivity contribution >= 4 is 34.2 Å². The summed E-state index contributed by atoms with van der Waals surface area (Å²) in [5, 5.41) is 36.7. The molecule has 11 heteroatoms. The molecule has 1 unspecified atom stereocenters. The Hall–Kier alpha value is -4.05. The van der Waals surface area contributed by atoms with Gasteiger partial charge in [-0.1, -0.05) is 52.3 Å². The molecule has 0 amide bonds. The first-order chi connectivity index (χ1) is 16.3. The number of halogens is 3. The lowest BCUT2D eigenvalue weighted by atomic mass is 9.96. The average Bonchev–Trinajstić information content (AvgIpc) is 3.26. The molecule has 34 heavy (non-hydrogen) atoms. The van der Waals surface area contributed by atoms with Crippen LogP contribution in [-0.4, -0.2) is 26.9 Å². The van der Waals surface area contributed by atoms with Gasteiger partial charge in [0.25, 0.3) is 0 Å². The Kier molecular flexibility index (Phi) is 6.16. The third kappa shape index (κ3) is 4.03. The molecule has 0 spiro atoms. The van der Waals surface area contributed by atoms with E-state index >= 15 is 0 Å². The number of ether oxygens (including phenoxy) is 1. The van der Waals surface area contributed by atoms with Crippen molar-refractivity contribution in [1.82, 2.24) is 15.2 Å². The van der Waals surface area contributed by atoms with E-state index in [2.05, 4.69) is 10.3 Å². The van der Waals surface area contributed by atoms with Crippen molar-refractivity contribution in [3.05, 3.63) is 81.1 Å². The highest BCUT2D eigenvalue weighted by atomic mass is 35.5. The number of hydrogen-bond donors (Lipinski definition) is 1. The smallest absolute Gasteiger partial charge is 0.168 e. The molecule has 4 rings (SSSR count). The van der Waals surface area contributed by atoms with Crippen molar-refractivity contribution in [3.63, 3.8) is 0 Å². The van der Waals surface area contributed by atoms with Gasteiger partial charge in [0, 0.05) is 0 Å². The Labute approximate surface area is 202 Å². The molecule has 1 atom stereocenters. The normalized spacial score (nSPS) is 12.5. The summed E-state index contributed by atoms with van der Waals surface area (Å²) < 4.78 is 19.8. The van der Waals surface area contributed by atoms with Gasteiger partial charge in [-0.05, 0) is 42.0 Å². The molecule has 1 heterocycles. The average molecular weight is 498 g/mol. The molecule has 0 bridgehead atoms. The lowest BCUT2D eigenvalue weighted by molar-refractivity contribution is -0.0335. The molecular weight excluding hydrogens is 484 g/mol. The molecule has 0 fully saturated rings. The zero-order chi connectivity index (χ0) is 24.5. The molecule has 0 saturated carbocycles. The van der Waals surface area contributed by atoms with Gasteiger partial charge in [-0.3, -0.25) is 0 Å². The third-order valence-electron chi connectivity index (χ3n) is 5.10. The van der Waals surface area contributed by atoms with Gasteiger partial charge in [0.1, 0.15) is 50.2 Å². The van der Waals surface area contributed by atoms with Gasteiger partial charge in [0.2, 0.25) is 0 Å². The van der Waals surface area contributed by atoms with Gasteiger partial charge in [-0.2, -0.15) is 10.5 Å². The summed E-state index contributed by atoms with van der Waals surface area (Å²) in [7, 11) is 0. The van der Waals surface area contributed by atoms with Crippen LogP contribution >= 0.6 is 23.2 Å². The predicted octanol–water partition coefficient (Wildman–Crippen LogP) is 4.75. The molecule has 8 nitrogen and oxygen atoms in total. The molecule has 0 aliphatic carbocycles. The summed E-state index contributed by atoms with van der Waals surface area (Å²) in [5.74, 6) is -1.33.